The smallest absolute Gasteiger partial charge is 0.266 e. The molecular weight excluding hydrogens is 386 g/mol. The molecule has 0 aromatic heterocycles. The van der Waals surface area contributed by atoms with Gasteiger partial charge >= 0.3 is 0 Å². The number of benzene rings is 2. The topological polar surface area (TPSA) is 73.8 Å². The number of anilines is 1. The highest BCUT2D eigenvalue weighted by molar-refractivity contribution is 7.90. The molecule has 0 spiro atoms. The van der Waals surface area contributed by atoms with Crippen LogP contribution < -0.4 is 10.0 Å². The number of hydrogen-bond donors (Lipinski definition) is 2. The molecular formula is C19H22F2N4O2S. The van der Waals surface area contributed by atoms with Crippen LogP contribution in [0.15, 0.2) is 46.3 Å². The van der Waals surface area contributed by atoms with Crippen LogP contribution >= 0.6 is 0 Å². The fourth-order valence-corrected chi connectivity index (χ4v) is 4.25. The molecule has 2 aromatic carbocycles. The van der Waals surface area contributed by atoms with E-state index in [4.69, 9.17) is 0 Å². The zero-order valence-electron chi connectivity index (χ0n) is 15.8. The average molecular weight is 408 g/mol. The summed E-state index contributed by atoms with van der Waals surface area (Å²) in [4.78, 5) is 6.02. The molecule has 1 heterocycles. The minimum Gasteiger partial charge on any atom is -0.324 e. The van der Waals surface area contributed by atoms with Crippen molar-refractivity contribution in [3.05, 3.63) is 59.2 Å². The van der Waals surface area contributed by atoms with Crippen LogP contribution in [0.4, 0.5) is 14.5 Å². The highest BCUT2D eigenvalue weighted by Gasteiger charge is 2.32. The molecule has 0 bridgehead atoms. The van der Waals surface area contributed by atoms with E-state index in [9.17, 15) is 17.2 Å². The monoisotopic (exact) mass is 408 g/mol. The molecule has 150 valence electrons. The number of halogens is 2. The summed E-state index contributed by atoms with van der Waals surface area (Å²) in [6.07, 6.45) is 0. The molecule has 0 saturated heterocycles. The quantitative estimate of drug-likeness (QED) is 0.798. The summed E-state index contributed by atoms with van der Waals surface area (Å²) >= 11 is 0. The molecule has 2 aromatic rings. The van der Waals surface area contributed by atoms with Crippen LogP contribution in [0, 0.1) is 11.6 Å². The lowest BCUT2D eigenvalue weighted by molar-refractivity contribution is 0.420. The van der Waals surface area contributed by atoms with Gasteiger partial charge in [-0.05, 0) is 37.9 Å². The largest absolute Gasteiger partial charge is 0.324 e. The predicted octanol–water partition coefficient (Wildman–Crippen LogP) is 2.74. The van der Waals surface area contributed by atoms with E-state index in [1.54, 1.807) is 25.1 Å². The molecule has 6 nitrogen and oxygen atoms in total. The minimum absolute atomic E-state index is 0.0157. The second-order valence-electron chi connectivity index (χ2n) is 6.84. The maximum atomic E-state index is 14.8. The Morgan fingerprint density at radius 3 is 2.50 bits per heavy atom. The molecule has 0 fully saturated rings. The molecule has 3 rings (SSSR count). The van der Waals surface area contributed by atoms with Gasteiger partial charge in [-0.3, -0.25) is 4.99 Å². The first kappa shape index (κ1) is 20.2. The summed E-state index contributed by atoms with van der Waals surface area (Å²) in [6, 6.07) is 8.32. The number of rotatable bonds is 5. The van der Waals surface area contributed by atoms with Gasteiger partial charge in [0.25, 0.3) is 10.0 Å². The van der Waals surface area contributed by atoms with Gasteiger partial charge in [0.2, 0.25) is 5.96 Å². The summed E-state index contributed by atoms with van der Waals surface area (Å²) in [5.74, 6) is -1.79. The van der Waals surface area contributed by atoms with E-state index in [1.807, 2.05) is 19.0 Å². The first-order valence-electron chi connectivity index (χ1n) is 8.76. The number of fused-ring (bicyclic) bond motifs is 1. The summed E-state index contributed by atoms with van der Waals surface area (Å²) in [7, 11) is -0.179. The third kappa shape index (κ3) is 4.00. The first-order chi connectivity index (χ1) is 13.2. The standard InChI is InChI=1S/C19H22F2N4O2S/c1-12(13-6-4-5-7-14(13)20)17-15(21)8-9-16-18(17)23-19(24-28(16,26)27)22-10-11-25(2)3/h4-9,12H,10-11H2,1-3H3,(H2,22,23,24)/t12-/m1/s1. The molecule has 1 aliphatic rings. The van der Waals surface area contributed by atoms with Crippen molar-refractivity contribution < 1.29 is 17.2 Å². The number of likely N-dealkylation sites (N-methyl/N-ethyl adjacent to an activating group) is 1. The summed E-state index contributed by atoms with van der Waals surface area (Å²) < 4.78 is 56.6. The van der Waals surface area contributed by atoms with Crippen LogP contribution in [-0.4, -0.2) is 46.5 Å². The number of sulfonamides is 1. The maximum absolute atomic E-state index is 14.8. The Morgan fingerprint density at radius 1 is 1.11 bits per heavy atom. The van der Waals surface area contributed by atoms with E-state index in [0.29, 0.717) is 13.1 Å². The second kappa shape index (κ2) is 7.84. The zero-order valence-corrected chi connectivity index (χ0v) is 16.6. The van der Waals surface area contributed by atoms with Gasteiger partial charge < -0.3 is 10.2 Å². The van der Waals surface area contributed by atoms with Crippen LogP contribution in [0.25, 0.3) is 0 Å². The van der Waals surface area contributed by atoms with Crippen LogP contribution in [0.3, 0.4) is 0 Å². The van der Waals surface area contributed by atoms with Crippen molar-refractivity contribution in [1.29, 1.82) is 0 Å². The van der Waals surface area contributed by atoms with Gasteiger partial charge in [-0.1, -0.05) is 25.1 Å². The number of guanidine groups is 1. The third-order valence-electron chi connectivity index (χ3n) is 4.54. The van der Waals surface area contributed by atoms with Gasteiger partial charge in [-0.25, -0.2) is 21.9 Å². The number of aliphatic imine (C=N–C) groups is 1. The summed E-state index contributed by atoms with van der Waals surface area (Å²) in [5, 5.41) is 2.88. The Kier molecular flexibility index (Phi) is 5.66. The number of nitrogens with zero attached hydrogens (tertiary/aromatic N) is 2. The van der Waals surface area contributed by atoms with Crippen LogP contribution in [0.5, 0.6) is 0 Å². The molecule has 0 aliphatic carbocycles. The van der Waals surface area contributed by atoms with Crippen LogP contribution in [-0.2, 0) is 10.0 Å². The van der Waals surface area contributed by atoms with Gasteiger partial charge in [0.15, 0.2) is 0 Å². The van der Waals surface area contributed by atoms with Crippen molar-refractivity contribution in [3.8, 4) is 0 Å². The molecule has 0 radical (unpaired) electrons. The average Bonchev–Trinajstić information content (AvgIpc) is 2.60. The van der Waals surface area contributed by atoms with Gasteiger partial charge in [-0.2, -0.15) is 0 Å². The molecule has 0 amide bonds. The summed E-state index contributed by atoms with van der Waals surface area (Å²) in [5.41, 5.74) is 0.435. The zero-order chi connectivity index (χ0) is 20.5. The predicted molar refractivity (Wildman–Crippen MR) is 105 cm³/mol. The Balaban J connectivity index is 2.09. The Morgan fingerprint density at radius 2 is 1.82 bits per heavy atom. The van der Waals surface area contributed by atoms with Gasteiger partial charge in [0.05, 0.1) is 12.2 Å². The Hall–Kier alpha value is -2.52. The van der Waals surface area contributed by atoms with Gasteiger partial charge in [0.1, 0.15) is 16.5 Å². The van der Waals surface area contributed by atoms with Crippen molar-refractivity contribution in [2.24, 2.45) is 4.99 Å². The van der Waals surface area contributed by atoms with Crippen molar-refractivity contribution in [1.82, 2.24) is 9.62 Å². The second-order valence-corrected chi connectivity index (χ2v) is 8.49. The lowest BCUT2D eigenvalue weighted by atomic mass is 9.91. The van der Waals surface area contributed by atoms with Crippen LogP contribution in [0.2, 0.25) is 0 Å². The van der Waals surface area contributed by atoms with Gasteiger partial charge in [0, 0.05) is 18.0 Å². The van der Waals surface area contributed by atoms with Crippen molar-refractivity contribution >= 4 is 21.7 Å². The number of nitrogens with one attached hydrogen (secondary N) is 2. The Bertz CT molecular complexity index is 1020. The Labute approximate surface area is 163 Å². The molecule has 0 unspecified atom stereocenters. The van der Waals surface area contributed by atoms with Gasteiger partial charge in [-0.15, -0.1) is 0 Å². The highest BCUT2D eigenvalue weighted by atomic mass is 32.2. The van der Waals surface area contributed by atoms with Crippen molar-refractivity contribution in [3.63, 3.8) is 0 Å². The lowest BCUT2D eigenvalue weighted by Crippen LogP contribution is -2.41. The van der Waals surface area contributed by atoms with E-state index in [1.165, 1.54) is 12.1 Å². The molecule has 2 N–H and O–H groups in total. The first-order valence-corrected chi connectivity index (χ1v) is 10.2. The molecule has 1 atom stereocenters. The van der Waals surface area contributed by atoms with E-state index in [2.05, 4.69) is 15.0 Å². The molecule has 0 saturated carbocycles. The molecule has 1 aliphatic heterocycles. The lowest BCUT2D eigenvalue weighted by Gasteiger charge is -2.26. The third-order valence-corrected chi connectivity index (χ3v) is 5.92. The van der Waals surface area contributed by atoms with Crippen LogP contribution in [0.1, 0.15) is 24.0 Å². The van der Waals surface area contributed by atoms with Crippen molar-refractivity contribution in [2.75, 3.05) is 32.5 Å². The minimum atomic E-state index is -3.92. The normalized spacial score (nSPS) is 17.7. The molecule has 9 heteroatoms. The SMILES string of the molecule is C[C@H](c1ccccc1F)c1c(F)ccc2c1NC(=NCCN(C)C)NS2(=O)=O. The molecule has 28 heavy (non-hydrogen) atoms. The fraction of sp³-hybridized carbons (Fsp3) is 0.316. The van der Waals surface area contributed by atoms with Crippen molar-refractivity contribution in [2.45, 2.75) is 17.7 Å². The van der Waals surface area contributed by atoms with E-state index >= 15 is 0 Å². The summed E-state index contributed by atoms with van der Waals surface area (Å²) in [6.45, 7) is 2.60. The number of hydrogen-bond acceptors (Lipinski definition) is 4. The van der Waals surface area contributed by atoms with E-state index < -0.39 is 27.6 Å². The van der Waals surface area contributed by atoms with E-state index in [-0.39, 0.29) is 27.7 Å². The fourth-order valence-electron chi connectivity index (χ4n) is 3.09. The highest BCUT2D eigenvalue weighted by Crippen LogP contribution is 2.38. The maximum Gasteiger partial charge on any atom is 0.266 e. The van der Waals surface area contributed by atoms with E-state index in [0.717, 1.165) is 6.07 Å².